The maximum Gasteiger partial charge on any atom is 0.253 e. The molecule has 0 unspecified atom stereocenters. The molecule has 1 fully saturated rings. The summed E-state index contributed by atoms with van der Waals surface area (Å²) in [5.74, 6) is -0.196. The van der Waals surface area contributed by atoms with E-state index in [1.165, 1.54) is 17.8 Å². The van der Waals surface area contributed by atoms with Gasteiger partial charge in [-0.2, -0.15) is 0 Å². The van der Waals surface area contributed by atoms with Crippen molar-refractivity contribution in [3.63, 3.8) is 0 Å². The summed E-state index contributed by atoms with van der Waals surface area (Å²) in [6, 6.07) is 1.59. The van der Waals surface area contributed by atoms with Crippen LogP contribution in [0.25, 0.3) is 0 Å². The Balaban J connectivity index is 0.00000180. The van der Waals surface area contributed by atoms with Gasteiger partial charge in [0.2, 0.25) is 0 Å². The molecule has 0 atom stereocenters. The molecule has 0 bridgehead atoms. The maximum absolute atomic E-state index is 12.0. The van der Waals surface area contributed by atoms with Crippen LogP contribution in [0.4, 0.5) is 0 Å². The molecule has 0 aromatic carbocycles. The Morgan fingerprint density at radius 1 is 1.37 bits per heavy atom. The van der Waals surface area contributed by atoms with Crippen molar-refractivity contribution in [1.82, 2.24) is 5.32 Å². The number of hydrogen-bond acceptors (Lipinski definition) is 3. The van der Waals surface area contributed by atoms with Gasteiger partial charge in [0.05, 0.1) is 9.90 Å². The predicted octanol–water partition coefficient (Wildman–Crippen LogP) is 3.87. The SMILES string of the molecule is Cl.NC1(CNC(=O)c2cc(Cl)sc2Cl)CCCCC1. The Kier molecular flexibility index (Phi) is 6.40. The van der Waals surface area contributed by atoms with Crippen LogP contribution in [0.2, 0.25) is 8.67 Å². The quantitative estimate of drug-likeness (QED) is 0.875. The maximum atomic E-state index is 12.0. The topological polar surface area (TPSA) is 55.1 Å². The van der Waals surface area contributed by atoms with Gasteiger partial charge in [-0.15, -0.1) is 23.7 Å². The fourth-order valence-electron chi connectivity index (χ4n) is 2.28. The van der Waals surface area contributed by atoms with Gasteiger partial charge in [-0.3, -0.25) is 4.79 Å². The Bertz CT molecular complexity index is 444. The van der Waals surface area contributed by atoms with Gasteiger partial charge < -0.3 is 11.1 Å². The number of halogens is 3. The zero-order valence-corrected chi connectivity index (χ0v) is 13.5. The first-order chi connectivity index (χ1) is 8.50. The average Bonchev–Trinajstić information content (AvgIpc) is 2.67. The molecule has 0 spiro atoms. The molecule has 1 aliphatic rings. The fraction of sp³-hybridized carbons (Fsp3) is 0.583. The van der Waals surface area contributed by atoms with Crippen molar-refractivity contribution in [2.24, 2.45) is 5.73 Å². The van der Waals surface area contributed by atoms with E-state index in [4.69, 9.17) is 28.9 Å². The smallest absolute Gasteiger partial charge is 0.253 e. The summed E-state index contributed by atoms with van der Waals surface area (Å²) in [4.78, 5) is 12.0. The van der Waals surface area contributed by atoms with Crippen LogP contribution in [0.1, 0.15) is 42.5 Å². The summed E-state index contributed by atoms with van der Waals surface area (Å²) in [6.45, 7) is 0.496. The Hall–Kier alpha value is -0.0000000000000000555. The van der Waals surface area contributed by atoms with Crippen molar-refractivity contribution >= 4 is 52.9 Å². The van der Waals surface area contributed by atoms with Crippen molar-refractivity contribution < 1.29 is 4.79 Å². The molecule has 0 saturated heterocycles. The van der Waals surface area contributed by atoms with Crippen LogP contribution < -0.4 is 11.1 Å². The number of rotatable bonds is 3. The lowest BCUT2D eigenvalue weighted by Gasteiger charge is -2.33. The Morgan fingerprint density at radius 2 is 2.00 bits per heavy atom. The van der Waals surface area contributed by atoms with Crippen LogP contribution >= 0.6 is 46.9 Å². The first-order valence-corrected chi connectivity index (χ1v) is 7.59. The van der Waals surface area contributed by atoms with E-state index in [-0.39, 0.29) is 23.9 Å². The highest BCUT2D eigenvalue weighted by Crippen LogP contribution is 2.31. The van der Waals surface area contributed by atoms with Gasteiger partial charge >= 0.3 is 0 Å². The van der Waals surface area contributed by atoms with E-state index in [1.54, 1.807) is 6.07 Å². The van der Waals surface area contributed by atoms with Crippen LogP contribution in [-0.4, -0.2) is 18.0 Å². The van der Waals surface area contributed by atoms with Crippen LogP contribution in [0.15, 0.2) is 6.07 Å². The molecule has 2 rings (SSSR count). The van der Waals surface area contributed by atoms with Crippen LogP contribution in [0.3, 0.4) is 0 Å². The lowest BCUT2D eigenvalue weighted by atomic mass is 9.82. The number of nitrogens with one attached hydrogen (secondary N) is 1. The van der Waals surface area contributed by atoms with Crippen molar-refractivity contribution in [2.45, 2.75) is 37.6 Å². The molecule has 1 amide bonds. The van der Waals surface area contributed by atoms with Gasteiger partial charge in [0.25, 0.3) is 5.91 Å². The van der Waals surface area contributed by atoms with Gasteiger partial charge in [-0.05, 0) is 18.9 Å². The highest BCUT2D eigenvalue weighted by molar-refractivity contribution is 7.20. The van der Waals surface area contributed by atoms with Crippen molar-refractivity contribution in [3.8, 4) is 0 Å². The predicted molar refractivity (Wildman–Crippen MR) is 83.9 cm³/mol. The number of carbonyl (C=O) groups excluding carboxylic acids is 1. The molecule has 108 valence electrons. The third-order valence-corrected chi connectivity index (χ3v) is 4.84. The second-order valence-electron chi connectivity index (χ2n) is 4.84. The van der Waals surface area contributed by atoms with Gasteiger partial charge in [0.1, 0.15) is 4.34 Å². The highest BCUT2D eigenvalue weighted by Gasteiger charge is 2.28. The van der Waals surface area contributed by atoms with Crippen LogP contribution in [0.5, 0.6) is 0 Å². The molecule has 7 heteroatoms. The van der Waals surface area contributed by atoms with Gasteiger partial charge in [-0.25, -0.2) is 0 Å². The zero-order chi connectivity index (χ0) is 13.2. The molecule has 0 aliphatic heterocycles. The molecule has 1 saturated carbocycles. The summed E-state index contributed by atoms with van der Waals surface area (Å²) < 4.78 is 0.942. The third-order valence-electron chi connectivity index (χ3n) is 3.35. The lowest BCUT2D eigenvalue weighted by Crippen LogP contribution is -2.51. The molecule has 1 heterocycles. The van der Waals surface area contributed by atoms with Crippen molar-refractivity contribution in [2.75, 3.05) is 6.54 Å². The van der Waals surface area contributed by atoms with Crippen molar-refractivity contribution in [3.05, 3.63) is 20.3 Å². The van der Waals surface area contributed by atoms with Crippen LogP contribution in [0, 0.1) is 0 Å². The molecule has 1 aromatic heterocycles. The van der Waals surface area contributed by atoms with E-state index >= 15 is 0 Å². The number of hydrogen-bond donors (Lipinski definition) is 2. The minimum atomic E-state index is -0.264. The fourth-order valence-corrected chi connectivity index (χ4v) is 3.74. The van der Waals surface area contributed by atoms with Crippen LogP contribution in [-0.2, 0) is 0 Å². The molecule has 0 radical (unpaired) electrons. The molecular formula is C12H17Cl3N2OS. The first kappa shape index (κ1) is 17.1. The van der Waals surface area contributed by atoms with E-state index in [9.17, 15) is 4.79 Å². The zero-order valence-electron chi connectivity index (χ0n) is 10.4. The van der Waals surface area contributed by atoms with Gasteiger partial charge in [-0.1, -0.05) is 42.5 Å². The molecule has 1 aromatic rings. The summed E-state index contributed by atoms with van der Waals surface area (Å²) in [6.07, 6.45) is 5.44. The minimum Gasteiger partial charge on any atom is -0.350 e. The third kappa shape index (κ3) is 4.50. The number of nitrogens with two attached hydrogens (primary N) is 1. The van der Waals surface area contributed by atoms with Gasteiger partial charge in [0, 0.05) is 12.1 Å². The molecule has 3 nitrogen and oxygen atoms in total. The van der Waals surface area contributed by atoms with E-state index < -0.39 is 0 Å². The number of thiophene rings is 1. The summed E-state index contributed by atoms with van der Waals surface area (Å²) in [5, 5.41) is 2.86. The minimum absolute atomic E-state index is 0. The summed E-state index contributed by atoms with van der Waals surface area (Å²) in [5.41, 5.74) is 6.43. The number of carbonyl (C=O) groups is 1. The monoisotopic (exact) mass is 342 g/mol. The number of amides is 1. The Labute approximate surface area is 133 Å². The largest absolute Gasteiger partial charge is 0.350 e. The molecule has 1 aliphatic carbocycles. The normalized spacial score (nSPS) is 17.6. The second-order valence-corrected chi connectivity index (χ2v) is 7.13. The molecule has 19 heavy (non-hydrogen) atoms. The van der Waals surface area contributed by atoms with E-state index in [1.807, 2.05) is 0 Å². The highest BCUT2D eigenvalue weighted by atomic mass is 35.5. The van der Waals surface area contributed by atoms with E-state index in [2.05, 4.69) is 5.32 Å². The van der Waals surface area contributed by atoms with Gasteiger partial charge in [0.15, 0.2) is 0 Å². The van der Waals surface area contributed by atoms with E-state index in [0.717, 1.165) is 25.7 Å². The summed E-state index contributed by atoms with van der Waals surface area (Å²) >= 11 is 13.0. The average molecular weight is 344 g/mol. The molecule has 3 N–H and O–H groups in total. The standard InChI is InChI=1S/C12H16Cl2N2OS.ClH/c13-9-6-8(10(14)18-9)11(17)16-7-12(15)4-2-1-3-5-12;/h6H,1-5,7,15H2,(H,16,17);1H. The second kappa shape index (κ2) is 7.14. The Morgan fingerprint density at radius 3 is 2.53 bits per heavy atom. The van der Waals surface area contributed by atoms with Crippen molar-refractivity contribution in [1.29, 1.82) is 0 Å². The summed E-state index contributed by atoms with van der Waals surface area (Å²) in [7, 11) is 0. The molecular weight excluding hydrogens is 327 g/mol. The first-order valence-electron chi connectivity index (χ1n) is 6.02. The van der Waals surface area contributed by atoms with E-state index in [0.29, 0.717) is 20.8 Å². The lowest BCUT2D eigenvalue weighted by molar-refractivity contribution is 0.0938.